The number of hydrogen-bond acceptors (Lipinski definition) is 5. The first kappa shape index (κ1) is 32.0. The largest absolute Gasteiger partial charge is 0.374 e. The van der Waals surface area contributed by atoms with E-state index in [1.165, 1.54) is 0 Å². The Hall–Kier alpha value is -4.56. The molecular formula is C42H41NO5. The van der Waals surface area contributed by atoms with Gasteiger partial charge in [-0.05, 0) is 39.8 Å². The fourth-order valence-electron chi connectivity index (χ4n) is 6.29. The molecule has 0 bridgehead atoms. The van der Waals surface area contributed by atoms with Crippen LogP contribution in [0.25, 0.3) is 10.9 Å². The van der Waals surface area contributed by atoms with E-state index in [9.17, 15) is 0 Å². The summed E-state index contributed by atoms with van der Waals surface area (Å²) in [5, 5.41) is 1.11. The molecule has 48 heavy (non-hydrogen) atoms. The predicted octanol–water partition coefficient (Wildman–Crippen LogP) is 8.58. The van der Waals surface area contributed by atoms with Crippen molar-refractivity contribution >= 4 is 10.9 Å². The van der Waals surface area contributed by atoms with E-state index in [2.05, 4.69) is 71.7 Å². The van der Waals surface area contributed by atoms with Crippen LogP contribution in [-0.4, -0.2) is 36.0 Å². The number of aromatic amines is 1. The van der Waals surface area contributed by atoms with Crippen molar-refractivity contribution in [2.24, 2.45) is 0 Å². The van der Waals surface area contributed by atoms with Crippen LogP contribution in [0.15, 0.2) is 152 Å². The van der Waals surface area contributed by atoms with Crippen LogP contribution >= 0.6 is 0 Å². The summed E-state index contributed by atoms with van der Waals surface area (Å²) >= 11 is 0. The molecule has 0 amide bonds. The van der Waals surface area contributed by atoms with E-state index < -0.39 is 30.5 Å². The summed E-state index contributed by atoms with van der Waals surface area (Å²) in [6.07, 6.45) is -2.36. The Morgan fingerprint density at radius 2 is 0.938 bits per heavy atom. The van der Waals surface area contributed by atoms with Gasteiger partial charge in [0.05, 0.1) is 33.0 Å². The SMILES string of the molecule is c1ccc(COC[C@H]2O[C@H](c3cc4ccccc4[nH]3)[C@H](OCc3ccccc3)[C@@H](OCc3ccccc3)[C@@H]2OCc2ccccc2)cc1. The first-order valence-corrected chi connectivity index (χ1v) is 16.6. The maximum atomic E-state index is 7.04. The standard InChI is InChI=1S/C42H41NO5/c1-5-15-31(16-6-1)26-44-30-38-40(45-27-32-17-7-2-8-18-32)42(47-29-34-21-11-4-12-22-34)41(46-28-33-19-9-3-10-20-33)39(48-38)37-25-35-23-13-14-24-36(35)43-37/h1-25,38-43H,26-30H2/t38-,39-,40-,41+,42+/m1/s1. The zero-order valence-corrected chi connectivity index (χ0v) is 26.9. The first-order chi connectivity index (χ1) is 23.8. The molecule has 6 aromatic rings. The molecule has 6 heteroatoms. The van der Waals surface area contributed by atoms with Crippen molar-refractivity contribution in [2.75, 3.05) is 6.61 Å². The second-order valence-corrected chi connectivity index (χ2v) is 12.2. The van der Waals surface area contributed by atoms with E-state index in [-0.39, 0.29) is 0 Å². The molecule has 1 aromatic heterocycles. The fraction of sp³-hybridized carbons (Fsp3) is 0.238. The lowest BCUT2D eigenvalue weighted by molar-refractivity contribution is -0.275. The molecule has 5 atom stereocenters. The molecule has 0 unspecified atom stereocenters. The Kier molecular flexibility index (Phi) is 10.7. The molecule has 1 saturated heterocycles. The molecule has 0 radical (unpaired) electrons. The minimum absolute atomic E-state index is 0.321. The molecule has 6 nitrogen and oxygen atoms in total. The van der Waals surface area contributed by atoms with Crippen LogP contribution in [0.3, 0.4) is 0 Å². The average Bonchev–Trinajstić information content (AvgIpc) is 3.59. The van der Waals surface area contributed by atoms with Crippen molar-refractivity contribution in [2.45, 2.75) is 56.9 Å². The molecule has 0 spiro atoms. The fourth-order valence-corrected chi connectivity index (χ4v) is 6.29. The van der Waals surface area contributed by atoms with Crippen molar-refractivity contribution in [3.05, 3.63) is 180 Å². The van der Waals surface area contributed by atoms with Crippen LogP contribution in [0.2, 0.25) is 0 Å². The third kappa shape index (κ3) is 8.11. The van der Waals surface area contributed by atoms with Crippen molar-refractivity contribution in [3.63, 3.8) is 0 Å². The molecule has 0 saturated carbocycles. The summed E-state index contributed by atoms with van der Waals surface area (Å²) in [5.41, 5.74) is 6.29. The maximum absolute atomic E-state index is 7.04. The van der Waals surface area contributed by atoms with Gasteiger partial charge in [-0.3, -0.25) is 0 Å². The van der Waals surface area contributed by atoms with Crippen LogP contribution in [0.4, 0.5) is 0 Å². The summed E-state index contributed by atoms with van der Waals surface area (Å²) in [6, 6.07) is 51.3. The molecule has 1 aliphatic rings. The van der Waals surface area contributed by atoms with Crippen LogP contribution in [0.1, 0.15) is 34.1 Å². The Balaban J connectivity index is 1.24. The smallest absolute Gasteiger partial charge is 0.127 e. The molecule has 2 heterocycles. The summed E-state index contributed by atoms with van der Waals surface area (Å²) in [7, 11) is 0. The highest BCUT2D eigenvalue weighted by Gasteiger charge is 2.49. The van der Waals surface area contributed by atoms with E-state index >= 15 is 0 Å². The van der Waals surface area contributed by atoms with E-state index in [1.54, 1.807) is 0 Å². The number of rotatable bonds is 14. The van der Waals surface area contributed by atoms with Crippen molar-refractivity contribution < 1.29 is 23.7 Å². The Bertz CT molecular complexity index is 1780. The van der Waals surface area contributed by atoms with Crippen molar-refractivity contribution in [3.8, 4) is 0 Å². The number of H-pyrrole nitrogens is 1. The van der Waals surface area contributed by atoms with Crippen molar-refractivity contribution in [1.29, 1.82) is 0 Å². The zero-order chi connectivity index (χ0) is 32.4. The lowest BCUT2D eigenvalue weighted by atomic mass is 9.92. The molecular weight excluding hydrogens is 598 g/mol. The number of nitrogens with one attached hydrogen (secondary N) is 1. The second kappa shape index (κ2) is 16.0. The lowest BCUT2D eigenvalue weighted by Crippen LogP contribution is -2.58. The van der Waals surface area contributed by atoms with Gasteiger partial charge in [0.15, 0.2) is 0 Å². The first-order valence-electron chi connectivity index (χ1n) is 16.6. The van der Waals surface area contributed by atoms with E-state index in [1.807, 2.05) is 84.9 Å². The molecule has 0 aliphatic carbocycles. The number of ether oxygens (including phenoxy) is 5. The average molecular weight is 640 g/mol. The Morgan fingerprint density at radius 3 is 1.48 bits per heavy atom. The Morgan fingerprint density at radius 1 is 0.479 bits per heavy atom. The van der Waals surface area contributed by atoms with Gasteiger partial charge in [0, 0.05) is 11.2 Å². The van der Waals surface area contributed by atoms with Gasteiger partial charge in [0.1, 0.15) is 30.5 Å². The van der Waals surface area contributed by atoms with E-state index in [4.69, 9.17) is 23.7 Å². The van der Waals surface area contributed by atoms with E-state index in [0.717, 1.165) is 38.9 Å². The van der Waals surface area contributed by atoms with Gasteiger partial charge >= 0.3 is 0 Å². The van der Waals surface area contributed by atoms with Gasteiger partial charge in [-0.2, -0.15) is 0 Å². The minimum Gasteiger partial charge on any atom is -0.374 e. The maximum Gasteiger partial charge on any atom is 0.127 e. The van der Waals surface area contributed by atoms with Crippen molar-refractivity contribution in [1.82, 2.24) is 4.98 Å². The van der Waals surface area contributed by atoms with Crippen LogP contribution < -0.4 is 0 Å². The third-order valence-electron chi connectivity index (χ3n) is 8.74. The predicted molar refractivity (Wildman–Crippen MR) is 187 cm³/mol. The molecule has 1 N–H and O–H groups in total. The molecule has 5 aromatic carbocycles. The summed E-state index contributed by atoms with van der Waals surface area (Å²) < 4.78 is 33.9. The van der Waals surface area contributed by atoms with Gasteiger partial charge < -0.3 is 28.7 Å². The molecule has 7 rings (SSSR count). The zero-order valence-electron chi connectivity index (χ0n) is 26.9. The van der Waals surface area contributed by atoms with Gasteiger partial charge in [0.2, 0.25) is 0 Å². The normalized spacial score (nSPS) is 21.0. The molecule has 244 valence electrons. The highest BCUT2D eigenvalue weighted by Crippen LogP contribution is 2.39. The molecule has 1 fully saturated rings. The van der Waals surface area contributed by atoms with E-state index in [0.29, 0.717) is 33.0 Å². The molecule has 1 aliphatic heterocycles. The quantitative estimate of drug-likeness (QED) is 0.129. The van der Waals surface area contributed by atoms with Gasteiger partial charge in [-0.15, -0.1) is 0 Å². The highest BCUT2D eigenvalue weighted by atomic mass is 16.6. The summed E-state index contributed by atoms with van der Waals surface area (Å²) in [6.45, 7) is 1.99. The van der Waals surface area contributed by atoms with Gasteiger partial charge in [-0.1, -0.05) is 140 Å². The topological polar surface area (TPSA) is 61.9 Å². The minimum atomic E-state index is -0.492. The van der Waals surface area contributed by atoms with Gasteiger partial charge in [0.25, 0.3) is 0 Å². The van der Waals surface area contributed by atoms with Crippen LogP contribution in [0, 0.1) is 0 Å². The monoisotopic (exact) mass is 639 g/mol. The third-order valence-corrected chi connectivity index (χ3v) is 8.74. The second-order valence-electron chi connectivity index (χ2n) is 12.2. The number of hydrogen-bond donors (Lipinski definition) is 1. The van der Waals surface area contributed by atoms with Crippen LogP contribution in [-0.2, 0) is 50.1 Å². The summed E-state index contributed by atoms with van der Waals surface area (Å²) in [5.74, 6) is 0. The number of benzene rings is 5. The van der Waals surface area contributed by atoms with Gasteiger partial charge in [-0.25, -0.2) is 0 Å². The number of aromatic nitrogens is 1. The van der Waals surface area contributed by atoms with Crippen LogP contribution in [0.5, 0.6) is 0 Å². The highest BCUT2D eigenvalue weighted by molar-refractivity contribution is 5.80. The lowest BCUT2D eigenvalue weighted by Gasteiger charge is -2.46. The number of para-hydroxylation sites is 1. The number of fused-ring (bicyclic) bond motifs is 1. The Labute approximate surface area is 282 Å². The summed E-state index contributed by atoms with van der Waals surface area (Å²) in [4.78, 5) is 3.62.